The van der Waals surface area contributed by atoms with Gasteiger partial charge in [-0.05, 0) is 37.1 Å². The van der Waals surface area contributed by atoms with Crippen LogP contribution in [0.5, 0.6) is 17.2 Å². The topological polar surface area (TPSA) is 94.2 Å². The molecule has 0 aliphatic carbocycles. The first-order valence-corrected chi connectivity index (χ1v) is 10.5. The summed E-state index contributed by atoms with van der Waals surface area (Å²) >= 11 is 0. The average Bonchev–Trinajstić information content (AvgIpc) is 3.01. The average molecular weight is 420 g/mol. The molecule has 3 rings (SSSR count). The number of rotatable bonds is 6. The molecule has 1 amide bonds. The lowest BCUT2D eigenvalue weighted by molar-refractivity contribution is -0.116. The molecule has 0 unspecified atom stereocenters. The molecule has 0 bridgehead atoms. The molecule has 0 saturated carbocycles. The van der Waals surface area contributed by atoms with E-state index in [1.165, 1.54) is 46.5 Å². The third kappa shape index (κ3) is 3.82. The standard InChI is InChI=1S/C20H24N2O6S/c1-12-8-14-9-16(6-7-17(14)22(12)13(2)23)29(24,25)21-15-10-18(26-3)20(28-5)19(11-15)27-4/h6-7,9-12,21H,8H2,1-5H3/t12-/m1/s1. The van der Waals surface area contributed by atoms with Gasteiger partial charge in [0, 0.05) is 30.8 Å². The van der Waals surface area contributed by atoms with Crippen molar-refractivity contribution >= 4 is 27.3 Å². The smallest absolute Gasteiger partial charge is 0.261 e. The summed E-state index contributed by atoms with van der Waals surface area (Å²) in [5.74, 6) is 0.977. The second kappa shape index (κ2) is 7.82. The highest BCUT2D eigenvalue weighted by atomic mass is 32.2. The number of hydrogen-bond acceptors (Lipinski definition) is 6. The lowest BCUT2D eigenvalue weighted by Crippen LogP contribution is -2.33. The van der Waals surface area contributed by atoms with Gasteiger partial charge in [-0.1, -0.05) is 0 Å². The van der Waals surface area contributed by atoms with Crippen LogP contribution < -0.4 is 23.8 Å². The third-order valence-electron chi connectivity index (χ3n) is 4.83. The molecule has 0 radical (unpaired) electrons. The van der Waals surface area contributed by atoms with Gasteiger partial charge >= 0.3 is 0 Å². The van der Waals surface area contributed by atoms with E-state index in [0.717, 1.165) is 11.3 Å². The largest absolute Gasteiger partial charge is 0.493 e. The van der Waals surface area contributed by atoms with E-state index in [2.05, 4.69) is 4.72 Å². The molecule has 0 aromatic heterocycles. The minimum absolute atomic E-state index is 0.0106. The van der Waals surface area contributed by atoms with E-state index in [0.29, 0.717) is 23.7 Å². The van der Waals surface area contributed by atoms with Crippen molar-refractivity contribution < 1.29 is 27.4 Å². The van der Waals surface area contributed by atoms with Crippen LogP contribution in [0.2, 0.25) is 0 Å². The lowest BCUT2D eigenvalue weighted by atomic mass is 10.1. The molecule has 1 atom stereocenters. The van der Waals surface area contributed by atoms with Gasteiger partial charge in [0.15, 0.2) is 11.5 Å². The molecule has 2 aromatic rings. The van der Waals surface area contributed by atoms with Crippen LogP contribution in [0.15, 0.2) is 35.2 Å². The van der Waals surface area contributed by atoms with Crippen molar-refractivity contribution in [2.24, 2.45) is 0 Å². The second-order valence-electron chi connectivity index (χ2n) is 6.75. The number of nitrogens with zero attached hydrogens (tertiary/aromatic N) is 1. The Hall–Kier alpha value is -2.94. The molecule has 8 nitrogen and oxygen atoms in total. The summed E-state index contributed by atoms with van der Waals surface area (Å²) in [5.41, 5.74) is 1.84. The maximum absolute atomic E-state index is 12.9. The number of benzene rings is 2. The van der Waals surface area contributed by atoms with Gasteiger partial charge in [-0.2, -0.15) is 0 Å². The Morgan fingerprint density at radius 2 is 1.69 bits per heavy atom. The van der Waals surface area contributed by atoms with Crippen LogP contribution in [0, 0.1) is 0 Å². The quantitative estimate of drug-likeness (QED) is 0.772. The van der Waals surface area contributed by atoms with Gasteiger partial charge in [0.2, 0.25) is 11.7 Å². The van der Waals surface area contributed by atoms with Crippen LogP contribution in [-0.2, 0) is 21.2 Å². The Morgan fingerprint density at radius 3 is 2.21 bits per heavy atom. The zero-order valence-corrected chi connectivity index (χ0v) is 17.8. The Balaban J connectivity index is 1.96. The van der Waals surface area contributed by atoms with Gasteiger partial charge in [-0.25, -0.2) is 8.42 Å². The van der Waals surface area contributed by atoms with Gasteiger partial charge in [-0.15, -0.1) is 0 Å². The first-order valence-electron chi connectivity index (χ1n) is 8.97. The number of fused-ring (bicyclic) bond motifs is 1. The van der Waals surface area contributed by atoms with E-state index in [-0.39, 0.29) is 22.5 Å². The SMILES string of the molecule is COc1cc(NS(=O)(=O)c2ccc3c(c2)C[C@@H](C)N3C(C)=O)cc(OC)c1OC. The van der Waals surface area contributed by atoms with Crippen molar-refractivity contribution in [2.75, 3.05) is 31.0 Å². The number of carbonyl (C=O) groups is 1. The Kier molecular flexibility index (Phi) is 5.61. The Morgan fingerprint density at radius 1 is 1.07 bits per heavy atom. The van der Waals surface area contributed by atoms with E-state index in [1.54, 1.807) is 17.0 Å². The minimum atomic E-state index is -3.87. The van der Waals surface area contributed by atoms with Gasteiger partial charge in [0.25, 0.3) is 10.0 Å². The molecule has 156 valence electrons. The monoisotopic (exact) mass is 420 g/mol. The molecular weight excluding hydrogens is 396 g/mol. The summed E-state index contributed by atoms with van der Waals surface area (Å²) in [6, 6.07) is 7.80. The van der Waals surface area contributed by atoms with Gasteiger partial charge in [0.1, 0.15) is 0 Å². The predicted molar refractivity (Wildman–Crippen MR) is 110 cm³/mol. The predicted octanol–water partition coefficient (Wildman–Crippen LogP) is 2.81. The zero-order valence-electron chi connectivity index (χ0n) is 17.0. The molecule has 0 fully saturated rings. The molecule has 1 N–H and O–H groups in total. The summed E-state index contributed by atoms with van der Waals surface area (Å²) in [6.07, 6.45) is 0.600. The molecule has 1 heterocycles. The molecule has 1 aliphatic rings. The summed E-state index contributed by atoms with van der Waals surface area (Å²) in [7, 11) is 0.520. The van der Waals surface area contributed by atoms with Crippen molar-refractivity contribution in [3.8, 4) is 17.2 Å². The van der Waals surface area contributed by atoms with Gasteiger partial charge in [-0.3, -0.25) is 9.52 Å². The minimum Gasteiger partial charge on any atom is -0.493 e. The van der Waals surface area contributed by atoms with E-state index < -0.39 is 10.0 Å². The maximum Gasteiger partial charge on any atom is 0.261 e. The fraction of sp³-hybridized carbons (Fsp3) is 0.350. The number of nitrogens with one attached hydrogen (secondary N) is 1. The van der Waals surface area contributed by atoms with E-state index in [9.17, 15) is 13.2 Å². The summed E-state index contributed by atoms with van der Waals surface area (Å²) in [4.78, 5) is 13.7. The molecule has 0 saturated heterocycles. The van der Waals surface area contributed by atoms with Crippen LogP contribution in [-0.4, -0.2) is 41.7 Å². The van der Waals surface area contributed by atoms with Crippen LogP contribution >= 0.6 is 0 Å². The highest BCUT2D eigenvalue weighted by Crippen LogP contribution is 2.40. The summed E-state index contributed by atoms with van der Waals surface area (Å²) < 4.78 is 44.2. The number of amides is 1. The molecule has 9 heteroatoms. The van der Waals surface area contributed by atoms with Gasteiger partial charge in [0.05, 0.1) is 31.9 Å². The lowest BCUT2D eigenvalue weighted by Gasteiger charge is -2.20. The van der Waals surface area contributed by atoms with Crippen LogP contribution in [0.25, 0.3) is 0 Å². The van der Waals surface area contributed by atoms with Crippen molar-refractivity contribution in [3.63, 3.8) is 0 Å². The molecule has 2 aromatic carbocycles. The first kappa shape index (κ1) is 20.8. The summed E-state index contributed by atoms with van der Waals surface area (Å²) in [5, 5.41) is 0. The third-order valence-corrected chi connectivity index (χ3v) is 6.21. The first-order chi connectivity index (χ1) is 13.7. The highest BCUT2D eigenvalue weighted by Gasteiger charge is 2.30. The number of ether oxygens (including phenoxy) is 3. The fourth-order valence-electron chi connectivity index (χ4n) is 3.61. The van der Waals surface area contributed by atoms with E-state index in [4.69, 9.17) is 14.2 Å². The Bertz CT molecular complexity index is 1030. The van der Waals surface area contributed by atoms with Gasteiger partial charge < -0.3 is 19.1 Å². The maximum atomic E-state index is 12.9. The second-order valence-corrected chi connectivity index (χ2v) is 8.43. The van der Waals surface area contributed by atoms with Crippen molar-refractivity contribution in [1.29, 1.82) is 0 Å². The van der Waals surface area contributed by atoms with Crippen molar-refractivity contribution in [3.05, 3.63) is 35.9 Å². The molecule has 1 aliphatic heterocycles. The van der Waals surface area contributed by atoms with Crippen LogP contribution in [0.4, 0.5) is 11.4 Å². The number of carbonyl (C=O) groups excluding carboxylic acids is 1. The van der Waals surface area contributed by atoms with Crippen molar-refractivity contribution in [1.82, 2.24) is 0 Å². The fourth-order valence-corrected chi connectivity index (χ4v) is 4.70. The van der Waals surface area contributed by atoms with Crippen LogP contribution in [0.1, 0.15) is 19.4 Å². The number of anilines is 2. The molecule has 0 spiro atoms. The van der Waals surface area contributed by atoms with Crippen molar-refractivity contribution in [2.45, 2.75) is 31.2 Å². The number of methoxy groups -OCH3 is 3. The number of hydrogen-bond donors (Lipinski definition) is 1. The van der Waals surface area contributed by atoms with E-state index in [1.807, 2.05) is 6.92 Å². The highest BCUT2D eigenvalue weighted by molar-refractivity contribution is 7.92. The summed E-state index contributed by atoms with van der Waals surface area (Å²) in [6.45, 7) is 3.44. The van der Waals surface area contributed by atoms with Crippen LogP contribution in [0.3, 0.4) is 0 Å². The normalized spacial score (nSPS) is 15.6. The Labute approximate surface area is 170 Å². The molecular formula is C20H24N2O6S. The zero-order chi connectivity index (χ0) is 21.3. The number of sulfonamides is 1. The van der Waals surface area contributed by atoms with E-state index >= 15 is 0 Å². The molecule has 29 heavy (non-hydrogen) atoms.